The van der Waals surface area contributed by atoms with Gasteiger partial charge in [-0.25, -0.2) is 9.78 Å². The maximum absolute atomic E-state index is 12.4. The summed E-state index contributed by atoms with van der Waals surface area (Å²) in [6.07, 6.45) is -2.15. The molecule has 0 spiro atoms. The molecule has 6 atom stereocenters. The second-order valence-corrected chi connectivity index (χ2v) is 9.51. The second-order valence-electron chi connectivity index (χ2n) is 8.62. The van der Waals surface area contributed by atoms with Gasteiger partial charge in [-0.15, -0.1) is 0 Å². The highest BCUT2D eigenvalue weighted by atomic mass is 31.1. The van der Waals surface area contributed by atoms with Gasteiger partial charge in [0.05, 0.1) is 12.9 Å². The third-order valence-corrected chi connectivity index (χ3v) is 6.68. The Morgan fingerprint density at radius 3 is 2.76 bits per heavy atom. The number of esters is 1. The number of imidazole rings is 1. The van der Waals surface area contributed by atoms with Crippen molar-refractivity contribution in [3.05, 3.63) is 30.6 Å². The van der Waals surface area contributed by atoms with Crippen LogP contribution in [0.1, 0.15) is 27.0 Å². The first-order valence-corrected chi connectivity index (χ1v) is 12.7. The third kappa shape index (κ3) is 5.47. The van der Waals surface area contributed by atoms with Crippen LogP contribution in [0.25, 0.3) is 11.2 Å². The van der Waals surface area contributed by atoms with E-state index in [1.807, 2.05) is 0 Å². The van der Waals surface area contributed by atoms with Gasteiger partial charge in [-0.3, -0.25) is 9.09 Å². The van der Waals surface area contributed by atoms with Crippen LogP contribution in [0.5, 0.6) is 11.5 Å². The Morgan fingerprint density at radius 1 is 1.34 bits per heavy atom. The van der Waals surface area contributed by atoms with Gasteiger partial charge in [0, 0.05) is 0 Å². The molecule has 0 bridgehead atoms. The van der Waals surface area contributed by atoms with E-state index in [0.29, 0.717) is 0 Å². The Labute approximate surface area is 218 Å². The fourth-order valence-electron chi connectivity index (χ4n) is 3.88. The zero-order chi connectivity index (χ0) is 27.6. The van der Waals surface area contributed by atoms with Crippen molar-refractivity contribution >= 4 is 37.1 Å². The summed E-state index contributed by atoms with van der Waals surface area (Å²) in [5.74, 6) is -0.390. The number of anilines is 2. The van der Waals surface area contributed by atoms with Crippen molar-refractivity contribution in [1.29, 1.82) is 0 Å². The van der Waals surface area contributed by atoms with E-state index in [0.717, 1.165) is 0 Å². The first-order chi connectivity index (χ1) is 18.0. The van der Waals surface area contributed by atoms with E-state index in [9.17, 15) is 19.9 Å². The first-order valence-electron chi connectivity index (χ1n) is 11.6. The molecular formula is C22H28N7O8P. The predicted octanol–water partition coefficient (Wildman–Crippen LogP) is 0.265. The topological polar surface area (TPSA) is 226 Å². The molecule has 3 heterocycles. The van der Waals surface area contributed by atoms with Crippen LogP contribution in [0.2, 0.25) is 0 Å². The van der Waals surface area contributed by atoms with Crippen LogP contribution in [0.15, 0.2) is 35.3 Å². The molecule has 1 fully saturated rings. The number of carbonyl (C=O) groups is 1. The van der Waals surface area contributed by atoms with Crippen LogP contribution in [0, 0.1) is 0 Å². The number of aliphatic hydroxyl groups excluding tert-OH is 1. The summed E-state index contributed by atoms with van der Waals surface area (Å²) in [7, 11) is -2.62. The highest BCUT2D eigenvalue weighted by Crippen LogP contribution is 2.41. The molecule has 1 aliphatic rings. The van der Waals surface area contributed by atoms with Crippen molar-refractivity contribution in [2.45, 2.75) is 50.8 Å². The lowest BCUT2D eigenvalue weighted by atomic mass is 9.96. The van der Waals surface area contributed by atoms with Gasteiger partial charge in [-0.1, -0.05) is 16.9 Å². The van der Waals surface area contributed by atoms with E-state index in [-0.39, 0.29) is 47.6 Å². The summed E-state index contributed by atoms with van der Waals surface area (Å²) in [5, 5.41) is 21.9. The van der Waals surface area contributed by atoms with E-state index in [4.69, 9.17) is 30.2 Å². The molecule has 4 rings (SSSR count). The van der Waals surface area contributed by atoms with Crippen molar-refractivity contribution in [2.75, 3.05) is 24.7 Å². The number of carbonyl (C=O) groups excluding carboxylic acids is 1. The Bertz CT molecular complexity index is 1350. The largest absolute Gasteiger partial charge is 0.575 e. The molecule has 0 aliphatic carbocycles. The molecule has 1 aromatic carbocycles. The summed E-state index contributed by atoms with van der Waals surface area (Å²) >= 11 is 0. The normalized spacial score (nSPS) is 24.4. The lowest BCUT2D eigenvalue weighted by Crippen LogP contribution is -2.44. The molecule has 6 N–H and O–H groups in total. The van der Waals surface area contributed by atoms with E-state index >= 15 is 0 Å². The lowest BCUT2D eigenvalue weighted by Gasteiger charge is -2.27. The molecule has 1 unspecified atom stereocenters. The van der Waals surface area contributed by atoms with Crippen molar-refractivity contribution < 1.29 is 38.6 Å². The van der Waals surface area contributed by atoms with Crippen LogP contribution in [0.3, 0.4) is 0 Å². The number of para-hydroxylation sites is 2. The van der Waals surface area contributed by atoms with Crippen molar-refractivity contribution in [3.8, 4) is 11.5 Å². The number of fused-ring (bicyclic) bond motifs is 1. The lowest BCUT2D eigenvalue weighted by molar-refractivity contribution is -0.169. The molecule has 15 nitrogen and oxygen atoms in total. The van der Waals surface area contributed by atoms with Crippen LogP contribution >= 0.6 is 8.17 Å². The molecule has 1 aliphatic heterocycles. The maximum atomic E-state index is 12.4. The van der Waals surface area contributed by atoms with Gasteiger partial charge in [-0.05, 0) is 32.9 Å². The van der Waals surface area contributed by atoms with Crippen molar-refractivity contribution in [2.24, 2.45) is 4.74 Å². The molecule has 1 saturated heterocycles. The molecule has 0 amide bonds. The number of nitrogens with two attached hydrogens (primary N) is 2. The SMILES string of the molecule is CCOC(=O)[C@H](C)N=[P+]([O-])Oc1ccccc1OC[C@H]1O[C@@H](n2cnc3c(N)nc(N)nc32)[C@](C)(O)[C@@H]1O. The Morgan fingerprint density at radius 2 is 2.05 bits per heavy atom. The number of hydrogen-bond donors (Lipinski definition) is 4. The molecule has 38 heavy (non-hydrogen) atoms. The van der Waals surface area contributed by atoms with E-state index in [1.54, 1.807) is 25.1 Å². The predicted molar refractivity (Wildman–Crippen MR) is 133 cm³/mol. The minimum absolute atomic E-state index is 0.0580. The number of hydrogen-bond acceptors (Lipinski definition) is 14. The average molecular weight is 549 g/mol. The zero-order valence-electron chi connectivity index (χ0n) is 20.8. The minimum atomic E-state index is -2.62. The van der Waals surface area contributed by atoms with Gasteiger partial charge >= 0.3 is 14.1 Å². The van der Waals surface area contributed by atoms with E-state index in [1.165, 1.54) is 30.8 Å². The van der Waals surface area contributed by atoms with Crippen LogP contribution in [-0.4, -0.2) is 72.8 Å². The number of ether oxygens (including phenoxy) is 3. The van der Waals surface area contributed by atoms with Crippen LogP contribution in [0.4, 0.5) is 11.8 Å². The highest BCUT2D eigenvalue weighted by Gasteiger charge is 2.53. The highest BCUT2D eigenvalue weighted by molar-refractivity contribution is 7.34. The molecule has 16 heteroatoms. The summed E-state index contributed by atoms with van der Waals surface area (Å²) in [5.41, 5.74) is 10.3. The first kappa shape index (κ1) is 27.4. The van der Waals surface area contributed by atoms with Gasteiger partial charge in [0.1, 0.15) is 29.9 Å². The number of rotatable bonds is 9. The monoisotopic (exact) mass is 549 g/mol. The van der Waals surface area contributed by atoms with Gasteiger partial charge in [-0.2, -0.15) is 9.97 Å². The van der Waals surface area contributed by atoms with Gasteiger partial charge in [0.15, 0.2) is 29.5 Å². The Balaban J connectivity index is 1.49. The van der Waals surface area contributed by atoms with Gasteiger partial charge < -0.3 is 40.8 Å². The Kier molecular flexibility index (Phi) is 7.94. The minimum Gasteiger partial charge on any atom is -0.575 e. The van der Waals surface area contributed by atoms with E-state index < -0.39 is 44.2 Å². The average Bonchev–Trinajstić information content (AvgIpc) is 3.37. The number of nitrogens with zero attached hydrogens (tertiary/aromatic N) is 5. The van der Waals surface area contributed by atoms with Crippen molar-refractivity contribution in [1.82, 2.24) is 19.5 Å². The Hall–Kier alpha value is -3.62. The van der Waals surface area contributed by atoms with Gasteiger partial charge in [0.25, 0.3) is 0 Å². The van der Waals surface area contributed by atoms with Crippen LogP contribution in [-0.2, 0) is 14.3 Å². The number of benzene rings is 1. The number of aliphatic hydroxyl groups is 2. The molecule has 3 aromatic rings. The summed E-state index contributed by atoms with van der Waals surface area (Å²) in [6.45, 7) is 4.45. The molecule has 2 aromatic heterocycles. The number of aromatic nitrogens is 4. The zero-order valence-corrected chi connectivity index (χ0v) is 21.7. The molecular weight excluding hydrogens is 521 g/mol. The van der Waals surface area contributed by atoms with Gasteiger partial charge in [0.2, 0.25) is 11.7 Å². The van der Waals surface area contributed by atoms with Crippen molar-refractivity contribution in [3.63, 3.8) is 0 Å². The summed E-state index contributed by atoms with van der Waals surface area (Å²) in [6, 6.07) is 5.36. The third-order valence-electron chi connectivity index (χ3n) is 5.80. The fraction of sp³-hybridized carbons (Fsp3) is 0.455. The number of nitrogen functional groups attached to an aromatic ring is 2. The molecule has 0 radical (unpaired) electrons. The second kappa shape index (κ2) is 11.0. The molecule has 0 saturated carbocycles. The summed E-state index contributed by atoms with van der Waals surface area (Å²) in [4.78, 5) is 36.3. The van der Waals surface area contributed by atoms with E-state index in [2.05, 4.69) is 19.7 Å². The standard InChI is InChI=1S/C22H28N7O8P/c1-4-34-19(31)11(2)28-38(33)37-13-8-6-5-7-12(13)35-9-14-16(30)22(3,32)20(36-14)29-10-25-15-17(23)26-21(24)27-18(15)29/h5-8,10-11,14,16,20,30,32H,4,9H2,1-3H3,(H4,23,24,26,27)/t11-,14+,16+,20+,22+/m0/s1. The summed E-state index contributed by atoms with van der Waals surface area (Å²) < 4.78 is 27.2. The van der Waals surface area contributed by atoms with Crippen LogP contribution < -0.4 is 25.6 Å². The fourth-order valence-corrected chi connectivity index (χ4v) is 4.62. The molecule has 204 valence electrons. The quantitative estimate of drug-likeness (QED) is 0.208. The maximum Gasteiger partial charge on any atom is 0.395 e. The smallest absolute Gasteiger partial charge is 0.395 e.